The lowest BCUT2D eigenvalue weighted by molar-refractivity contribution is -0.135. The van der Waals surface area contributed by atoms with Gasteiger partial charge in [-0.25, -0.2) is 8.42 Å². The molecule has 0 aromatic rings. The van der Waals surface area contributed by atoms with E-state index in [0.29, 0.717) is 26.2 Å². The first-order chi connectivity index (χ1) is 9.05. The lowest BCUT2D eigenvalue weighted by atomic mass is 10.1. The Labute approximate surface area is 120 Å². The predicted octanol–water partition coefficient (Wildman–Crippen LogP) is -0.653. The van der Waals surface area contributed by atoms with Crippen molar-refractivity contribution in [3.05, 3.63) is 0 Å². The van der Waals surface area contributed by atoms with E-state index in [1.165, 1.54) is 4.31 Å². The van der Waals surface area contributed by atoms with E-state index in [-0.39, 0.29) is 12.5 Å². The highest BCUT2D eigenvalue weighted by Crippen LogP contribution is 2.17. The molecule has 1 heterocycles. The SMILES string of the molecule is CC(C)(C)N(CC(=O)N1CCN(C=O)CC1)S(C)(=O)=O. The van der Waals surface area contributed by atoms with Crippen molar-refractivity contribution in [3.63, 3.8) is 0 Å². The zero-order valence-electron chi connectivity index (χ0n) is 12.5. The molecule has 0 saturated carbocycles. The Bertz CT molecular complexity index is 462. The van der Waals surface area contributed by atoms with E-state index in [1.54, 1.807) is 30.6 Å². The molecule has 1 saturated heterocycles. The number of piperazine rings is 1. The van der Waals surface area contributed by atoms with Gasteiger partial charge in [0.15, 0.2) is 0 Å². The zero-order chi connectivity index (χ0) is 15.6. The first kappa shape index (κ1) is 16.9. The maximum Gasteiger partial charge on any atom is 0.238 e. The molecule has 1 rings (SSSR count). The summed E-state index contributed by atoms with van der Waals surface area (Å²) >= 11 is 0. The molecule has 0 aromatic carbocycles. The molecule has 0 spiro atoms. The van der Waals surface area contributed by atoms with Gasteiger partial charge in [-0.3, -0.25) is 9.59 Å². The van der Waals surface area contributed by atoms with E-state index in [2.05, 4.69) is 0 Å². The van der Waals surface area contributed by atoms with Gasteiger partial charge in [-0.2, -0.15) is 4.31 Å². The lowest BCUT2D eigenvalue weighted by Gasteiger charge is -2.37. The minimum atomic E-state index is -3.45. The molecule has 7 nitrogen and oxygen atoms in total. The van der Waals surface area contributed by atoms with E-state index in [4.69, 9.17) is 0 Å². The summed E-state index contributed by atoms with van der Waals surface area (Å²) in [5, 5.41) is 0. The summed E-state index contributed by atoms with van der Waals surface area (Å²) in [5.74, 6) is -0.226. The Morgan fingerprint density at radius 3 is 2.05 bits per heavy atom. The first-order valence-electron chi connectivity index (χ1n) is 6.50. The van der Waals surface area contributed by atoms with Crippen LogP contribution in [-0.2, 0) is 19.6 Å². The van der Waals surface area contributed by atoms with E-state index in [0.717, 1.165) is 12.7 Å². The van der Waals surface area contributed by atoms with Gasteiger partial charge < -0.3 is 9.80 Å². The van der Waals surface area contributed by atoms with Crippen molar-refractivity contribution in [2.75, 3.05) is 39.0 Å². The largest absolute Gasteiger partial charge is 0.342 e. The molecule has 0 N–H and O–H groups in total. The third-order valence-corrected chi connectivity index (χ3v) is 4.72. The van der Waals surface area contributed by atoms with Gasteiger partial charge in [0.25, 0.3) is 0 Å². The van der Waals surface area contributed by atoms with E-state index in [9.17, 15) is 18.0 Å². The van der Waals surface area contributed by atoms with Crippen LogP contribution in [0.5, 0.6) is 0 Å². The van der Waals surface area contributed by atoms with Gasteiger partial charge in [0.2, 0.25) is 22.3 Å². The molecule has 0 atom stereocenters. The molecule has 116 valence electrons. The molecule has 0 aromatic heterocycles. The Hall–Kier alpha value is -1.15. The van der Waals surface area contributed by atoms with E-state index < -0.39 is 15.6 Å². The molecule has 1 aliphatic heterocycles. The minimum Gasteiger partial charge on any atom is -0.342 e. The number of carbonyl (C=O) groups excluding carboxylic acids is 2. The molecule has 0 bridgehead atoms. The molecule has 0 unspecified atom stereocenters. The van der Waals surface area contributed by atoms with Crippen molar-refractivity contribution < 1.29 is 18.0 Å². The number of amides is 2. The summed E-state index contributed by atoms with van der Waals surface area (Å²) in [6.45, 7) is 6.97. The summed E-state index contributed by atoms with van der Waals surface area (Å²) in [6, 6.07) is 0. The van der Waals surface area contributed by atoms with Gasteiger partial charge in [-0.05, 0) is 20.8 Å². The Morgan fingerprint density at radius 1 is 1.20 bits per heavy atom. The second kappa shape index (κ2) is 6.09. The van der Waals surface area contributed by atoms with Crippen LogP contribution < -0.4 is 0 Å². The van der Waals surface area contributed by atoms with Gasteiger partial charge in [-0.1, -0.05) is 0 Å². The lowest BCUT2D eigenvalue weighted by Crippen LogP contribution is -2.54. The van der Waals surface area contributed by atoms with Crippen molar-refractivity contribution in [1.29, 1.82) is 0 Å². The summed E-state index contributed by atoms with van der Waals surface area (Å²) < 4.78 is 24.8. The van der Waals surface area contributed by atoms with Crippen LogP contribution in [0.15, 0.2) is 0 Å². The number of hydrogen-bond acceptors (Lipinski definition) is 4. The van der Waals surface area contributed by atoms with Crippen LogP contribution in [0.2, 0.25) is 0 Å². The number of hydrogen-bond donors (Lipinski definition) is 0. The standard InChI is InChI=1S/C12H23N3O4S/c1-12(2,3)15(20(4,18)19)9-11(17)14-7-5-13(10-16)6-8-14/h10H,5-9H2,1-4H3. The van der Waals surface area contributed by atoms with Gasteiger partial charge in [0, 0.05) is 31.7 Å². The predicted molar refractivity (Wildman–Crippen MR) is 75.5 cm³/mol. The highest BCUT2D eigenvalue weighted by atomic mass is 32.2. The van der Waals surface area contributed by atoms with Crippen molar-refractivity contribution >= 4 is 22.3 Å². The zero-order valence-corrected chi connectivity index (χ0v) is 13.3. The second-order valence-electron chi connectivity index (χ2n) is 5.96. The average molecular weight is 305 g/mol. The molecule has 1 aliphatic rings. The summed E-state index contributed by atoms with van der Waals surface area (Å²) in [7, 11) is -3.45. The number of rotatable bonds is 4. The quantitative estimate of drug-likeness (QED) is 0.647. The van der Waals surface area contributed by atoms with Gasteiger partial charge >= 0.3 is 0 Å². The van der Waals surface area contributed by atoms with Crippen LogP contribution in [0.1, 0.15) is 20.8 Å². The average Bonchev–Trinajstić information content (AvgIpc) is 2.33. The summed E-state index contributed by atoms with van der Waals surface area (Å²) in [5.41, 5.74) is -0.645. The molecule has 20 heavy (non-hydrogen) atoms. The molecular formula is C12H23N3O4S. The normalized spacial score (nSPS) is 17.4. The second-order valence-corrected chi connectivity index (χ2v) is 7.87. The number of carbonyl (C=O) groups is 2. The van der Waals surface area contributed by atoms with Crippen LogP contribution in [0.25, 0.3) is 0 Å². The Balaban J connectivity index is 2.71. The molecule has 2 amide bonds. The third-order valence-electron chi connectivity index (χ3n) is 3.24. The fourth-order valence-electron chi connectivity index (χ4n) is 2.15. The summed E-state index contributed by atoms with van der Waals surface area (Å²) in [6.07, 6.45) is 1.87. The molecule has 0 radical (unpaired) electrons. The minimum absolute atomic E-state index is 0.163. The van der Waals surface area contributed by atoms with Crippen LogP contribution in [-0.4, -0.2) is 79.4 Å². The van der Waals surface area contributed by atoms with Gasteiger partial charge in [-0.15, -0.1) is 0 Å². The maximum atomic E-state index is 12.2. The van der Waals surface area contributed by atoms with Gasteiger partial charge in [0.05, 0.1) is 12.8 Å². The Morgan fingerprint density at radius 2 is 1.70 bits per heavy atom. The Kier molecular flexibility index (Phi) is 5.15. The third kappa shape index (κ3) is 4.45. The highest BCUT2D eigenvalue weighted by Gasteiger charge is 2.33. The number of nitrogens with zero attached hydrogens (tertiary/aromatic N) is 3. The maximum absolute atomic E-state index is 12.2. The van der Waals surface area contributed by atoms with E-state index in [1.807, 2.05) is 0 Å². The fourth-order valence-corrected chi connectivity index (χ4v) is 3.49. The topological polar surface area (TPSA) is 78.0 Å². The van der Waals surface area contributed by atoms with Crippen molar-refractivity contribution in [3.8, 4) is 0 Å². The van der Waals surface area contributed by atoms with Crippen LogP contribution >= 0.6 is 0 Å². The highest BCUT2D eigenvalue weighted by molar-refractivity contribution is 7.88. The van der Waals surface area contributed by atoms with E-state index >= 15 is 0 Å². The molecular weight excluding hydrogens is 282 g/mol. The molecule has 8 heteroatoms. The smallest absolute Gasteiger partial charge is 0.238 e. The monoisotopic (exact) mass is 305 g/mol. The molecule has 0 aliphatic carbocycles. The van der Waals surface area contributed by atoms with Crippen LogP contribution in [0.3, 0.4) is 0 Å². The fraction of sp³-hybridized carbons (Fsp3) is 0.833. The number of sulfonamides is 1. The first-order valence-corrected chi connectivity index (χ1v) is 8.35. The van der Waals surface area contributed by atoms with Crippen molar-refractivity contribution in [2.24, 2.45) is 0 Å². The summed E-state index contributed by atoms with van der Waals surface area (Å²) in [4.78, 5) is 26.0. The molecule has 1 fully saturated rings. The van der Waals surface area contributed by atoms with Crippen molar-refractivity contribution in [2.45, 2.75) is 26.3 Å². The van der Waals surface area contributed by atoms with Crippen LogP contribution in [0, 0.1) is 0 Å². The van der Waals surface area contributed by atoms with Crippen LogP contribution in [0.4, 0.5) is 0 Å². The van der Waals surface area contributed by atoms with Gasteiger partial charge in [0.1, 0.15) is 0 Å². The van der Waals surface area contributed by atoms with Crippen molar-refractivity contribution in [1.82, 2.24) is 14.1 Å².